The Morgan fingerprint density at radius 1 is 1.25 bits per heavy atom. The normalized spacial score (nSPS) is 13.4. The summed E-state index contributed by atoms with van der Waals surface area (Å²) in [5.74, 6) is -1.34. The Labute approximate surface area is 118 Å². The molecular formula is C13H19NO5S. The van der Waals surface area contributed by atoms with Gasteiger partial charge in [0.05, 0.1) is 17.9 Å². The number of sulfonamides is 1. The first kappa shape index (κ1) is 16.6. The molecule has 0 aromatic heterocycles. The molecule has 7 heteroatoms. The van der Waals surface area contributed by atoms with Crippen LogP contribution in [0.15, 0.2) is 24.3 Å². The zero-order chi connectivity index (χ0) is 15.3. The number of aliphatic hydroxyl groups excluding tert-OH is 1. The van der Waals surface area contributed by atoms with Gasteiger partial charge in [0.25, 0.3) is 0 Å². The van der Waals surface area contributed by atoms with Gasteiger partial charge in [-0.2, -0.15) is 0 Å². The lowest BCUT2D eigenvalue weighted by Gasteiger charge is -2.19. The molecule has 112 valence electrons. The second kappa shape index (κ2) is 6.83. The lowest BCUT2D eigenvalue weighted by Crippen LogP contribution is -2.41. The van der Waals surface area contributed by atoms with Crippen molar-refractivity contribution < 1.29 is 23.4 Å². The van der Waals surface area contributed by atoms with Gasteiger partial charge in [0.15, 0.2) is 0 Å². The van der Waals surface area contributed by atoms with Crippen molar-refractivity contribution in [3.05, 3.63) is 35.4 Å². The molecule has 3 N–H and O–H groups in total. The van der Waals surface area contributed by atoms with Crippen molar-refractivity contribution in [1.82, 2.24) is 4.72 Å². The van der Waals surface area contributed by atoms with E-state index in [1.165, 1.54) is 24.3 Å². The van der Waals surface area contributed by atoms with E-state index in [0.717, 1.165) is 0 Å². The van der Waals surface area contributed by atoms with Crippen LogP contribution in [0.4, 0.5) is 0 Å². The number of aromatic carboxylic acids is 1. The molecule has 0 aliphatic heterocycles. The molecule has 1 aromatic rings. The van der Waals surface area contributed by atoms with Crippen LogP contribution in [-0.2, 0) is 15.8 Å². The predicted molar refractivity (Wildman–Crippen MR) is 74.9 cm³/mol. The van der Waals surface area contributed by atoms with Crippen LogP contribution in [0.5, 0.6) is 0 Å². The highest BCUT2D eigenvalue weighted by Gasteiger charge is 2.20. The largest absolute Gasteiger partial charge is 0.478 e. The van der Waals surface area contributed by atoms with Crippen LogP contribution in [0.2, 0.25) is 0 Å². The molecule has 1 atom stereocenters. The van der Waals surface area contributed by atoms with Crippen molar-refractivity contribution in [2.45, 2.75) is 25.6 Å². The number of benzene rings is 1. The number of hydrogen-bond acceptors (Lipinski definition) is 4. The first-order valence-electron chi connectivity index (χ1n) is 6.18. The van der Waals surface area contributed by atoms with E-state index in [0.29, 0.717) is 5.56 Å². The van der Waals surface area contributed by atoms with Crippen LogP contribution in [0.25, 0.3) is 0 Å². The van der Waals surface area contributed by atoms with E-state index in [-0.39, 0.29) is 23.8 Å². The van der Waals surface area contributed by atoms with E-state index >= 15 is 0 Å². The summed E-state index contributed by atoms with van der Waals surface area (Å²) < 4.78 is 26.3. The summed E-state index contributed by atoms with van der Waals surface area (Å²) >= 11 is 0. The fourth-order valence-corrected chi connectivity index (χ4v) is 3.14. The summed E-state index contributed by atoms with van der Waals surface area (Å²) in [5, 5.41) is 17.9. The molecule has 0 bridgehead atoms. The fraction of sp³-hybridized carbons (Fsp3) is 0.462. The molecule has 1 rings (SSSR count). The van der Waals surface area contributed by atoms with Crippen LogP contribution < -0.4 is 4.72 Å². The zero-order valence-corrected chi connectivity index (χ0v) is 12.2. The van der Waals surface area contributed by atoms with Crippen LogP contribution in [0, 0.1) is 5.92 Å². The lowest BCUT2D eigenvalue weighted by molar-refractivity contribution is 0.0697. The summed E-state index contributed by atoms with van der Waals surface area (Å²) in [5.41, 5.74) is 0.595. The molecule has 1 unspecified atom stereocenters. The Morgan fingerprint density at radius 3 is 2.20 bits per heavy atom. The van der Waals surface area contributed by atoms with E-state index in [1.54, 1.807) is 0 Å². The molecule has 1 aromatic carbocycles. The van der Waals surface area contributed by atoms with E-state index < -0.39 is 22.0 Å². The molecule has 0 heterocycles. The maximum absolute atomic E-state index is 12.0. The first-order chi connectivity index (χ1) is 9.25. The number of aliphatic hydroxyl groups is 1. The smallest absolute Gasteiger partial charge is 0.335 e. The summed E-state index contributed by atoms with van der Waals surface area (Å²) in [4.78, 5) is 10.7. The lowest BCUT2D eigenvalue weighted by atomic mass is 10.1. The van der Waals surface area contributed by atoms with Crippen LogP contribution >= 0.6 is 0 Å². The number of rotatable bonds is 7. The maximum Gasteiger partial charge on any atom is 0.335 e. The zero-order valence-electron chi connectivity index (χ0n) is 11.4. The van der Waals surface area contributed by atoms with Gasteiger partial charge in [0.1, 0.15) is 0 Å². The third-order valence-corrected chi connectivity index (χ3v) is 4.27. The molecule has 6 nitrogen and oxygen atoms in total. The van der Waals surface area contributed by atoms with E-state index in [4.69, 9.17) is 10.2 Å². The minimum atomic E-state index is -3.58. The summed E-state index contributed by atoms with van der Waals surface area (Å²) in [6, 6.07) is 5.12. The number of carboxylic acid groups (broad SMARTS) is 1. The third-order valence-electron chi connectivity index (χ3n) is 2.89. The summed E-state index contributed by atoms with van der Waals surface area (Å²) in [7, 11) is -3.58. The predicted octanol–water partition coefficient (Wildman–Crippen LogP) is 0.821. The van der Waals surface area contributed by atoms with Gasteiger partial charge in [-0.1, -0.05) is 26.0 Å². The summed E-state index contributed by atoms with van der Waals surface area (Å²) in [6.45, 7) is 3.35. The molecule has 0 aliphatic rings. The van der Waals surface area contributed by atoms with Crippen molar-refractivity contribution >= 4 is 16.0 Å². The first-order valence-corrected chi connectivity index (χ1v) is 7.83. The van der Waals surface area contributed by atoms with Gasteiger partial charge in [-0.05, 0) is 23.6 Å². The van der Waals surface area contributed by atoms with Gasteiger partial charge >= 0.3 is 5.97 Å². The third kappa shape index (κ3) is 4.92. The Balaban J connectivity index is 2.78. The molecule has 0 aliphatic carbocycles. The molecule has 0 amide bonds. The van der Waals surface area contributed by atoms with Gasteiger partial charge < -0.3 is 10.2 Å². The molecule has 0 saturated carbocycles. The second-order valence-electron chi connectivity index (χ2n) is 4.91. The van der Waals surface area contributed by atoms with E-state index in [2.05, 4.69) is 4.72 Å². The Kier molecular flexibility index (Phi) is 5.67. The summed E-state index contributed by atoms with van der Waals surface area (Å²) in [6.07, 6.45) is 0. The van der Waals surface area contributed by atoms with Crippen molar-refractivity contribution in [3.8, 4) is 0 Å². The van der Waals surface area contributed by atoms with Crippen molar-refractivity contribution in [2.24, 2.45) is 5.92 Å². The van der Waals surface area contributed by atoms with Gasteiger partial charge in [0, 0.05) is 6.04 Å². The van der Waals surface area contributed by atoms with Crippen LogP contribution in [-0.4, -0.2) is 37.2 Å². The number of carboxylic acids is 1. The monoisotopic (exact) mass is 301 g/mol. The van der Waals surface area contributed by atoms with E-state index in [9.17, 15) is 13.2 Å². The highest BCUT2D eigenvalue weighted by molar-refractivity contribution is 7.88. The quantitative estimate of drug-likeness (QED) is 0.692. The standard InChI is InChI=1S/C13H19NO5S/c1-9(2)12(7-15)14-20(18,19)8-10-3-5-11(6-4-10)13(16)17/h3-6,9,12,14-15H,7-8H2,1-2H3,(H,16,17). The molecule has 0 spiro atoms. The van der Waals surface area contributed by atoms with Crippen LogP contribution in [0.1, 0.15) is 29.8 Å². The van der Waals surface area contributed by atoms with Gasteiger partial charge in [-0.3, -0.25) is 0 Å². The highest BCUT2D eigenvalue weighted by atomic mass is 32.2. The molecule has 0 radical (unpaired) electrons. The average molecular weight is 301 g/mol. The van der Waals surface area contributed by atoms with Gasteiger partial charge in [0.2, 0.25) is 10.0 Å². The highest BCUT2D eigenvalue weighted by Crippen LogP contribution is 2.10. The minimum absolute atomic E-state index is 0.0239. The second-order valence-corrected chi connectivity index (χ2v) is 6.67. The van der Waals surface area contributed by atoms with Gasteiger partial charge in [-0.15, -0.1) is 0 Å². The Hall–Kier alpha value is -1.44. The maximum atomic E-state index is 12.0. The van der Waals surface area contributed by atoms with Crippen molar-refractivity contribution in [2.75, 3.05) is 6.61 Å². The number of hydrogen-bond donors (Lipinski definition) is 3. The number of carbonyl (C=O) groups is 1. The average Bonchev–Trinajstić information content (AvgIpc) is 2.35. The molecule has 0 saturated heterocycles. The van der Waals surface area contributed by atoms with Crippen molar-refractivity contribution in [3.63, 3.8) is 0 Å². The topological polar surface area (TPSA) is 104 Å². The Bertz CT molecular complexity index is 551. The van der Waals surface area contributed by atoms with E-state index in [1.807, 2.05) is 13.8 Å². The molecule has 0 fully saturated rings. The minimum Gasteiger partial charge on any atom is -0.478 e. The van der Waals surface area contributed by atoms with Gasteiger partial charge in [-0.25, -0.2) is 17.9 Å². The molecule has 20 heavy (non-hydrogen) atoms. The van der Waals surface area contributed by atoms with Crippen LogP contribution in [0.3, 0.4) is 0 Å². The SMILES string of the molecule is CC(C)C(CO)NS(=O)(=O)Cc1ccc(C(=O)O)cc1. The fourth-order valence-electron chi connectivity index (χ4n) is 1.62. The number of nitrogens with one attached hydrogen (secondary N) is 1. The van der Waals surface area contributed by atoms with Crippen molar-refractivity contribution in [1.29, 1.82) is 0 Å². The Morgan fingerprint density at radius 2 is 1.80 bits per heavy atom. The molecular weight excluding hydrogens is 282 g/mol.